The molecule has 0 heterocycles. The van der Waals surface area contributed by atoms with Gasteiger partial charge in [0.2, 0.25) is 11.8 Å². The highest BCUT2D eigenvalue weighted by Gasteiger charge is 2.31. The molecule has 3 aromatic rings. The summed E-state index contributed by atoms with van der Waals surface area (Å²) in [6, 6.07) is 15.1. The van der Waals surface area contributed by atoms with Crippen LogP contribution < -0.4 is 15.4 Å². The van der Waals surface area contributed by atoms with Gasteiger partial charge in [-0.25, -0.2) is 4.79 Å². The number of rotatable bonds is 13. The molecule has 0 aliphatic rings. The molecule has 3 aromatic carbocycles. The lowest BCUT2D eigenvalue weighted by Crippen LogP contribution is -2.54. The number of halogens is 1. The fraction of sp³-hybridized carbons (Fsp3) is 0.300. The van der Waals surface area contributed by atoms with Gasteiger partial charge in [-0.15, -0.1) is 0 Å². The van der Waals surface area contributed by atoms with Gasteiger partial charge in [0.15, 0.2) is 12.4 Å². The van der Waals surface area contributed by atoms with E-state index in [0.717, 1.165) is 8.96 Å². The first kappa shape index (κ1) is 31.5. The molecular formula is C30H31IN2O8. The van der Waals surface area contributed by atoms with Crippen molar-refractivity contribution in [1.29, 1.82) is 0 Å². The number of nitrogens with one attached hydrogen (secondary N) is 2. The summed E-state index contributed by atoms with van der Waals surface area (Å²) in [7, 11) is 1.49. The van der Waals surface area contributed by atoms with E-state index >= 15 is 0 Å². The van der Waals surface area contributed by atoms with E-state index in [4.69, 9.17) is 9.47 Å². The number of ether oxygens (including phenoxy) is 2. The number of benzene rings is 3. The fourth-order valence-electron chi connectivity index (χ4n) is 4.22. The maximum atomic E-state index is 13.1. The fourth-order valence-corrected chi connectivity index (χ4v) is 4.77. The topological polar surface area (TPSA) is 148 Å². The summed E-state index contributed by atoms with van der Waals surface area (Å²) in [4.78, 5) is 63.1. The Labute approximate surface area is 250 Å². The van der Waals surface area contributed by atoms with Gasteiger partial charge in [-0.1, -0.05) is 50.2 Å². The molecule has 0 saturated carbocycles. The minimum absolute atomic E-state index is 0.0574. The van der Waals surface area contributed by atoms with Gasteiger partial charge in [-0.05, 0) is 63.5 Å². The van der Waals surface area contributed by atoms with E-state index in [1.165, 1.54) is 7.11 Å². The number of hydrogen-bond donors (Lipinski definition) is 3. The molecule has 3 N–H and O–H groups in total. The number of carboxylic acid groups (broad SMARTS) is 1. The van der Waals surface area contributed by atoms with E-state index in [1.54, 1.807) is 50.2 Å². The molecule has 216 valence electrons. The molecule has 0 aromatic heterocycles. The lowest BCUT2D eigenvalue weighted by Gasteiger charge is -2.24. The van der Waals surface area contributed by atoms with Gasteiger partial charge >= 0.3 is 11.9 Å². The quantitative estimate of drug-likeness (QED) is 0.185. The van der Waals surface area contributed by atoms with Gasteiger partial charge in [0.25, 0.3) is 0 Å². The first-order chi connectivity index (χ1) is 19.5. The van der Waals surface area contributed by atoms with Gasteiger partial charge in [0.1, 0.15) is 17.8 Å². The number of aliphatic carboxylic acids is 1. The van der Waals surface area contributed by atoms with E-state index < -0.39 is 54.6 Å². The predicted octanol–water partition coefficient (Wildman–Crippen LogP) is 3.52. The van der Waals surface area contributed by atoms with Crippen LogP contribution in [0, 0.1) is 9.49 Å². The van der Waals surface area contributed by atoms with Crippen molar-refractivity contribution in [2.45, 2.75) is 38.8 Å². The number of carboxylic acids is 1. The van der Waals surface area contributed by atoms with Gasteiger partial charge < -0.3 is 25.2 Å². The van der Waals surface area contributed by atoms with Crippen molar-refractivity contribution >= 4 is 62.9 Å². The number of amides is 2. The van der Waals surface area contributed by atoms with E-state index in [0.29, 0.717) is 16.7 Å². The highest BCUT2D eigenvalue weighted by atomic mass is 125. The lowest BCUT2D eigenvalue weighted by molar-refractivity contribution is -0.141. The van der Waals surface area contributed by atoms with Crippen LogP contribution in [0.1, 0.15) is 36.2 Å². The Hall–Kier alpha value is -4.00. The highest BCUT2D eigenvalue weighted by molar-refractivity contribution is 14.1. The summed E-state index contributed by atoms with van der Waals surface area (Å²) < 4.78 is 11.4. The summed E-state index contributed by atoms with van der Waals surface area (Å²) in [5, 5.41) is 15.9. The highest BCUT2D eigenvalue weighted by Crippen LogP contribution is 2.22. The number of esters is 1. The maximum Gasteiger partial charge on any atom is 0.339 e. The van der Waals surface area contributed by atoms with Crippen molar-refractivity contribution in [2.75, 3.05) is 13.7 Å². The largest absolute Gasteiger partial charge is 0.496 e. The summed E-state index contributed by atoms with van der Waals surface area (Å²) in [6.07, 6.45) is -0.785. The lowest BCUT2D eigenvalue weighted by atomic mass is 10.0. The minimum atomic E-state index is -1.48. The molecular weight excluding hydrogens is 641 g/mol. The Morgan fingerprint density at radius 1 is 0.951 bits per heavy atom. The number of carbonyl (C=O) groups excluding carboxylic acids is 4. The zero-order valence-corrected chi connectivity index (χ0v) is 25.0. The Balaban J connectivity index is 1.67. The molecule has 10 nitrogen and oxygen atoms in total. The van der Waals surface area contributed by atoms with E-state index in [1.807, 2.05) is 24.3 Å². The molecule has 41 heavy (non-hydrogen) atoms. The smallest absolute Gasteiger partial charge is 0.339 e. The van der Waals surface area contributed by atoms with E-state index in [-0.39, 0.29) is 17.9 Å². The summed E-state index contributed by atoms with van der Waals surface area (Å²) >= 11 is 2.12. The number of Topliss-reactive ketones (excluding diaryl/α,β-unsaturated/α-hetero) is 1. The monoisotopic (exact) mass is 672 g/mol. The van der Waals surface area contributed by atoms with Gasteiger partial charge in [-0.2, -0.15) is 0 Å². The minimum Gasteiger partial charge on any atom is -0.496 e. The number of fused-ring (bicyclic) bond motifs is 1. The Bertz CT molecular complexity index is 1450. The van der Waals surface area contributed by atoms with E-state index in [9.17, 15) is 29.1 Å². The van der Waals surface area contributed by atoms with Crippen molar-refractivity contribution < 1.29 is 38.6 Å². The molecule has 0 aliphatic carbocycles. The second kappa shape index (κ2) is 14.6. The maximum absolute atomic E-state index is 13.1. The summed E-state index contributed by atoms with van der Waals surface area (Å²) in [6.45, 7) is 2.67. The zero-order valence-electron chi connectivity index (χ0n) is 22.8. The van der Waals surface area contributed by atoms with Crippen LogP contribution in [-0.4, -0.2) is 60.4 Å². The van der Waals surface area contributed by atoms with Crippen LogP contribution in [0.4, 0.5) is 0 Å². The molecule has 11 heteroatoms. The van der Waals surface area contributed by atoms with Crippen LogP contribution in [0.3, 0.4) is 0 Å². The van der Waals surface area contributed by atoms with Crippen molar-refractivity contribution in [3.63, 3.8) is 0 Å². The van der Waals surface area contributed by atoms with Crippen LogP contribution in [0.5, 0.6) is 5.75 Å². The molecule has 0 spiro atoms. The number of hydrogen-bond acceptors (Lipinski definition) is 7. The summed E-state index contributed by atoms with van der Waals surface area (Å²) in [5.74, 6) is -3.94. The summed E-state index contributed by atoms with van der Waals surface area (Å²) in [5.41, 5.74) is 0.883. The first-order valence-electron chi connectivity index (χ1n) is 12.8. The number of ketones is 1. The molecule has 0 aliphatic heterocycles. The molecule has 0 fully saturated rings. The molecule has 2 amide bonds. The normalized spacial score (nSPS) is 12.3. The van der Waals surface area contributed by atoms with Crippen LogP contribution >= 0.6 is 22.6 Å². The van der Waals surface area contributed by atoms with Crippen molar-refractivity contribution in [1.82, 2.24) is 10.6 Å². The van der Waals surface area contributed by atoms with Crippen LogP contribution in [0.2, 0.25) is 0 Å². The second-order valence-corrected chi connectivity index (χ2v) is 10.9. The average Bonchev–Trinajstić information content (AvgIpc) is 2.93. The third-order valence-electron chi connectivity index (χ3n) is 6.30. The number of carbonyl (C=O) groups is 5. The van der Waals surface area contributed by atoms with Gasteiger partial charge in [-0.3, -0.25) is 19.2 Å². The molecule has 0 saturated heterocycles. The molecule has 0 bridgehead atoms. The first-order valence-corrected chi connectivity index (χ1v) is 13.9. The Morgan fingerprint density at radius 3 is 2.34 bits per heavy atom. The van der Waals surface area contributed by atoms with Gasteiger partial charge in [0.05, 0.1) is 25.5 Å². The third kappa shape index (κ3) is 8.74. The zero-order chi connectivity index (χ0) is 30.1. The van der Waals surface area contributed by atoms with Gasteiger partial charge in [0, 0.05) is 9.13 Å². The standard InChI is InChI=1S/C30H31IN2O8/c1-17(2)28(33-26(35)14-19-13-20(31)11-12-25(19)40-3)29(38)32-23(15-27(36)37)24(34)16-41-30(39)22-10-6-8-18-7-4-5-9-21(18)22/h4-13,17,23,28H,14-16H2,1-3H3,(H,32,38)(H,33,35)(H,36,37)/t23?,28-/m0/s1/i31-2. The molecule has 0 radical (unpaired) electrons. The van der Waals surface area contributed by atoms with Crippen LogP contribution in [0.15, 0.2) is 60.7 Å². The van der Waals surface area contributed by atoms with Crippen LogP contribution in [0.25, 0.3) is 10.8 Å². The number of methoxy groups -OCH3 is 1. The van der Waals surface area contributed by atoms with Crippen molar-refractivity contribution in [2.24, 2.45) is 5.92 Å². The second-order valence-electron chi connectivity index (χ2n) is 9.65. The molecule has 1 unspecified atom stereocenters. The third-order valence-corrected chi connectivity index (χ3v) is 6.97. The molecule has 3 rings (SSSR count). The van der Waals surface area contributed by atoms with Crippen molar-refractivity contribution in [3.8, 4) is 5.75 Å². The van der Waals surface area contributed by atoms with Crippen molar-refractivity contribution in [3.05, 3.63) is 75.4 Å². The SMILES string of the molecule is COc1ccc([125I])cc1CC(=O)N[C@H](C(=O)NC(CC(=O)O)C(=O)COC(=O)c1cccc2ccccc12)C(C)C. The molecule has 2 atom stereocenters. The Morgan fingerprint density at radius 2 is 1.66 bits per heavy atom. The van der Waals surface area contributed by atoms with Crippen LogP contribution in [-0.2, 0) is 30.3 Å². The predicted molar refractivity (Wildman–Crippen MR) is 160 cm³/mol. The van der Waals surface area contributed by atoms with E-state index in [2.05, 4.69) is 33.2 Å². The Kier molecular flexibility index (Phi) is 11.2. The average molecular weight is 672 g/mol.